The highest BCUT2D eigenvalue weighted by Crippen LogP contribution is 2.36. The van der Waals surface area contributed by atoms with E-state index in [1.54, 1.807) is 10.8 Å². The molecule has 9 nitrogen and oxygen atoms in total. The molecule has 2 saturated heterocycles. The molecular formula is C28H32F4N8O. The van der Waals surface area contributed by atoms with Crippen LogP contribution in [0.2, 0.25) is 0 Å². The van der Waals surface area contributed by atoms with Crippen LogP contribution in [0.3, 0.4) is 0 Å². The predicted octanol–water partition coefficient (Wildman–Crippen LogP) is 4.64. The second kappa shape index (κ2) is 10.9. The number of nitrogens with one attached hydrogen (secondary N) is 1. The molecule has 5 heterocycles. The minimum Gasteiger partial charge on any atom is -0.355 e. The molecule has 1 aromatic carbocycles. The number of nitrogens with zero attached hydrogens (tertiary/aromatic N) is 7. The van der Waals surface area contributed by atoms with Crippen molar-refractivity contribution in [3.05, 3.63) is 58.4 Å². The van der Waals surface area contributed by atoms with Crippen LogP contribution in [0, 0.1) is 5.82 Å². The van der Waals surface area contributed by atoms with Crippen LogP contribution in [0.4, 0.5) is 23.4 Å². The molecule has 0 amide bonds. The van der Waals surface area contributed by atoms with Crippen LogP contribution in [-0.4, -0.2) is 66.7 Å². The maximum atomic E-state index is 14.0. The van der Waals surface area contributed by atoms with Crippen LogP contribution >= 0.6 is 0 Å². The third kappa shape index (κ3) is 5.34. The molecule has 2 aliphatic rings. The number of alkyl halides is 3. The molecule has 0 atom stereocenters. The van der Waals surface area contributed by atoms with Crippen LogP contribution in [-0.2, 0) is 19.3 Å². The number of halogens is 4. The lowest BCUT2D eigenvalue weighted by Gasteiger charge is -2.33. The minimum absolute atomic E-state index is 0.0815. The summed E-state index contributed by atoms with van der Waals surface area (Å²) in [5.41, 5.74) is 0.328. The number of H-pyrrole nitrogens is 1. The van der Waals surface area contributed by atoms with E-state index in [4.69, 9.17) is 4.98 Å². The number of anilines is 1. The van der Waals surface area contributed by atoms with Gasteiger partial charge in [-0.25, -0.2) is 24.1 Å². The number of aromatic nitrogens is 6. The van der Waals surface area contributed by atoms with Crippen LogP contribution in [0.25, 0.3) is 22.4 Å². The number of aryl methyl sites for hydroxylation is 1. The molecule has 1 N–H and O–H groups in total. The standard InChI is InChI=1S/C28H32F4N8O/c1-2-40-23-24(36-27(40)41)33-17-34-26(23)38-11-7-18(8-12-38)25-35-22(16-39(25)14-13-37-9-3-4-10-37)19-5-6-21(29)20(15-19)28(30,31)32/h5-6,15-18H,2-4,7-14H2,1H3,(H,33,34,36,41). The number of imidazole rings is 2. The molecule has 41 heavy (non-hydrogen) atoms. The summed E-state index contributed by atoms with van der Waals surface area (Å²) in [6.07, 6.45) is 2.31. The van der Waals surface area contributed by atoms with Gasteiger partial charge in [0.2, 0.25) is 0 Å². The van der Waals surface area contributed by atoms with Crippen LogP contribution in [0.5, 0.6) is 0 Å². The molecule has 0 spiro atoms. The van der Waals surface area contributed by atoms with E-state index in [1.807, 2.05) is 6.92 Å². The van der Waals surface area contributed by atoms with Gasteiger partial charge in [-0.05, 0) is 63.9 Å². The number of piperidine rings is 1. The first-order valence-corrected chi connectivity index (χ1v) is 14.1. The number of fused-ring (bicyclic) bond motifs is 1. The first-order valence-electron chi connectivity index (χ1n) is 14.1. The van der Waals surface area contributed by atoms with E-state index in [0.29, 0.717) is 48.9 Å². The maximum Gasteiger partial charge on any atom is 0.419 e. The molecule has 0 bridgehead atoms. The van der Waals surface area contributed by atoms with Gasteiger partial charge >= 0.3 is 11.9 Å². The second-order valence-corrected chi connectivity index (χ2v) is 10.7. The minimum atomic E-state index is -4.79. The van der Waals surface area contributed by atoms with Crippen molar-refractivity contribution >= 4 is 17.0 Å². The smallest absolute Gasteiger partial charge is 0.355 e. The SMILES string of the molecule is CCn1c(=O)[nH]c2ncnc(N3CCC(c4nc(-c5ccc(F)c(C(F)(F)F)c5)cn4CCN4CCCC4)CC3)c21. The van der Waals surface area contributed by atoms with Gasteiger partial charge in [-0.3, -0.25) is 9.55 Å². The largest absolute Gasteiger partial charge is 0.419 e. The van der Waals surface area contributed by atoms with E-state index < -0.39 is 17.6 Å². The lowest BCUT2D eigenvalue weighted by atomic mass is 9.95. The van der Waals surface area contributed by atoms with Crippen LogP contribution in [0.1, 0.15) is 49.9 Å². The summed E-state index contributed by atoms with van der Waals surface area (Å²) in [7, 11) is 0. The lowest BCUT2D eigenvalue weighted by molar-refractivity contribution is -0.139. The summed E-state index contributed by atoms with van der Waals surface area (Å²) in [4.78, 5) is 33.3. The van der Waals surface area contributed by atoms with Gasteiger partial charge in [-0.15, -0.1) is 0 Å². The summed E-state index contributed by atoms with van der Waals surface area (Å²) in [5.74, 6) is 0.324. The molecule has 2 fully saturated rings. The van der Waals surface area contributed by atoms with Crippen LogP contribution < -0.4 is 10.6 Å². The van der Waals surface area contributed by atoms with Gasteiger partial charge in [0.1, 0.15) is 23.5 Å². The highest BCUT2D eigenvalue weighted by atomic mass is 19.4. The number of aromatic amines is 1. The molecule has 3 aromatic heterocycles. The van der Waals surface area contributed by atoms with Gasteiger partial charge in [0, 0.05) is 50.4 Å². The monoisotopic (exact) mass is 572 g/mol. The number of benzene rings is 1. The molecule has 0 radical (unpaired) electrons. The predicted molar refractivity (Wildman–Crippen MR) is 146 cm³/mol. The Morgan fingerprint density at radius 1 is 1.05 bits per heavy atom. The second-order valence-electron chi connectivity index (χ2n) is 10.7. The molecule has 218 valence electrons. The normalized spacial score (nSPS) is 17.2. The van der Waals surface area contributed by atoms with E-state index in [9.17, 15) is 22.4 Å². The number of likely N-dealkylation sites (tertiary alicyclic amines) is 1. The number of hydrogen-bond donors (Lipinski definition) is 1. The van der Waals surface area contributed by atoms with Crippen molar-refractivity contribution < 1.29 is 17.6 Å². The van der Waals surface area contributed by atoms with E-state index in [1.165, 1.54) is 25.2 Å². The summed E-state index contributed by atoms with van der Waals surface area (Å²) in [5, 5.41) is 0. The summed E-state index contributed by atoms with van der Waals surface area (Å²) < 4.78 is 58.0. The molecular weight excluding hydrogens is 540 g/mol. The molecule has 13 heteroatoms. The third-order valence-electron chi connectivity index (χ3n) is 8.25. The summed E-state index contributed by atoms with van der Waals surface area (Å²) in [6, 6.07) is 3.06. The van der Waals surface area contributed by atoms with Crippen molar-refractivity contribution in [2.75, 3.05) is 37.6 Å². The van der Waals surface area contributed by atoms with Gasteiger partial charge in [0.05, 0.1) is 11.3 Å². The quantitative estimate of drug-likeness (QED) is 0.325. The highest BCUT2D eigenvalue weighted by molar-refractivity contribution is 5.83. The zero-order valence-electron chi connectivity index (χ0n) is 22.8. The zero-order valence-corrected chi connectivity index (χ0v) is 22.8. The molecule has 4 aromatic rings. The van der Waals surface area contributed by atoms with Gasteiger partial charge in [-0.2, -0.15) is 13.2 Å². The van der Waals surface area contributed by atoms with Crippen molar-refractivity contribution in [2.24, 2.45) is 0 Å². The van der Waals surface area contributed by atoms with Crippen molar-refractivity contribution in [1.29, 1.82) is 0 Å². The van der Waals surface area contributed by atoms with Crippen molar-refractivity contribution in [2.45, 2.75) is 57.8 Å². The van der Waals surface area contributed by atoms with Crippen molar-refractivity contribution in [3.63, 3.8) is 0 Å². The Bertz CT molecular complexity index is 1590. The summed E-state index contributed by atoms with van der Waals surface area (Å²) in [6.45, 7) is 7.32. The third-order valence-corrected chi connectivity index (χ3v) is 8.25. The Morgan fingerprint density at radius 2 is 1.80 bits per heavy atom. The molecule has 2 aliphatic heterocycles. The van der Waals surface area contributed by atoms with Crippen molar-refractivity contribution in [3.8, 4) is 11.3 Å². The van der Waals surface area contributed by atoms with Gasteiger partial charge in [-0.1, -0.05) is 0 Å². The molecule has 0 aliphatic carbocycles. The number of hydrogen-bond acceptors (Lipinski definition) is 6. The van der Waals surface area contributed by atoms with Crippen molar-refractivity contribution in [1.82, 2.24) is 34.0 Å². The number of rotatable bonds is 7. The van der Waals surface area contributed by atoms with E-state index in [0.717, 1.165) is 50.4 Å². The lowest BCUT2D eigenvalue weighted by Crippen LogP contribution is -2.35. The highest BCUT2D eigenvalue weighted by Gasteiger charge is 2.35. The molecule has 0 saturated carbocycles. The fourth-order valence-corrected chi connectivity index (χ4v) is 6.09. The van der Waals surface area contributed by atoms with E-state index >= 15 is 0 Å². The van der Waals surface area contributed by atoms with E-state index in [2.05, 4.69) is 29.3 Å². The van der Waals surface area contributed by atoms with E-state index in [-0.39, 0.29) is 17.2 Å². The average Bonchev–Trinajstić information content (AvgIpc) is 3.70. The zero-order chi connectivity index (χ0) is 28.7. The average molecular weight is 573 g/mol. The Hall–Kier alpha value is -3.74. The Balaban J connectivity index is 1.28. The Kier molecular flexibility index (Phi) is 7.30. The Morgan fingerprint density at radius 3 is 2.51 bits per heavy atom. The first kappa shape index (κ1) is 27.4. The maximum absolute atomic E-state index is 14.0. The Labute approximate surface area is 233 Å². The molecule has 6 rings (SSSR count). The fourth-order valence-electron chi connectivity index (χ4n) is 6.09. The summed E-state index contributed by atoms with van der Waals surface area (Å²) >= 11 is 0. The topological polar surface area (TPSA) is 87.9 Å². The first-order chi connectivity index (χ1) is 19.7. The van der Waals surface area contributed by atoms with Gasteiger partial charge < -0.3 is 14.4 Å². The van der Waals surface area contributed by atoms with Gasteiger partial charge in [0.15, 0.2) is 11.5 Å². The van der Waals surface area contributed by atoms with Gasteiger partial charge in [0.25, 0.3) is 0 Å². The van der Waals surface area contributed by atoms with Crippen LogP contribution in [0.15, 0.2) is 35.5 Å². The molecule has 0 unspecified atom stereocenters. The fraction of sp³-hybridized carbons (Fsp3) is 0.500.